The van der Waals surface area contributed by atoms with Gasteiger partial charge in [0.05, 0.1) is 5.75 Å². The van der Waals surface area contributed by atoms with E-state index in [1.54, 1.807) is 7.05 Å². The van der Waals surface area contributed by atoms with Crippen LogP contribution >= 0.6 is 0 Å². The maximum atomic E-state index is 12.3. The fourth-order valence-corrected chi connectivity index (χ4v) is 5.14. The van der Waals surface area contributed by atoms with E-state index in [9.17, 15) is 8.42 Å². The van der Waals surface area contributed by atoms with Crippen molar-refractivity contribution in [2.45, 2.75) is 46.2 Å². The van der Waals surface area contributed by atoms with E-state index in [2.05, 4.69) is 51.7 Å². The molecule has 1 aliphatic rings. The molecule has 1 saturated heterocycles. The van der Waals surface area contributed by atoms with Crippen LogP contribution in [0.2, 0.25) is 0 Å². The van der Waals surface area contributed by atoms with Crippen molar-refractivity contribution in [2.24, 2.45) is 4.99 Å². The third-order valence-corrected chi connectivity index (χ3v) is 7.42. The van der Waals surface area contributed by atoms with Gasteiger partial charge in [-0.2, -0.15) is 0 Å². The molecule has 7 nitrogen and oxygen atoms in total. The fraction of sp³-hybridized carbons (Fsp3) is 0.667. The summed E-state index contributed by atoms with van der Waals surface area (Å²) in [7, 11) is -1.49. The van der Waals surface area contributed by atoms with Gasteiger partial charge in [0, 0.05) is 52.4 Å². The molecule has 1 aromatic carbocycles. The molecule has 0 atom stereocenters. The van der Waals surface area contributed by atoms with Crippen LogP contribution in [0.25, 0.3) is 0 Å². The monoisotopic (exact) mass is 423 g/mol. The molecule has 2 N–H and O–H groups in total. The van der Waals surface area contributed by atoms with Gasteiger partial charge in [0.1, 0.15) is 0 Å². The third-order valence-electron chi connectivity index (χ3n) is 5.39. The van der Waals surface area contributed by atoms with Gasteiger partial charge < -0.3 is 10.6 Å². The Morgan fingerprint density at radius 2 is 1.93 bits per heavy atom. The normalized spacial score (nSPS) is 16.9. The topological polar surface area (TPSA) is 77.0 Å². The van der Waals surface area contributed by atoms with Gasteiger partial charge in [0.15, 0.2) is 5.96 Å². The third kappa shape index (κ3) is 7.60. The number of aryl methyl sites for hydroxylation is 1. The maximum absolute atomic E-state index is 12.3. The van der Waals surface area contributed by atoms with E-state index in [0.717, 1.165) is 32.5 Å². The van der Waals surface area contributed by atoms with Gasteiger partial charge >= 0.3 is 0 Å². The highest BCUT2D eigenvalue weighted by Crippen LogP contribution is 2.14. The number of piperidine rings is 1. The predicted molar refractivity (Wildman–Crippen MR) is 121 cm³/mol. The molecular formula is C21H37N5O2S. The summed E-state index contributed by atoms with van der Waals surface area (Å²) in [5.74, 6) is 0.751. The van der Waals surface area contributed by atoms with Crippen LogP contribution in [0.1, 0.15) is 37.8 Å². The van der Waals surface area contributed by atoms with Crippen molar-refractivity contribution in [3.05, 3.63) is 35.4 Å². The van der Waals surface area contributed by atoms with Crippen LogP contribution in [0.5, 0.6) is 0 Å². The number of rotatable bonds is 9. The molecule has 1 fully saturated rings. The van der Waals surface area contributed by atoms with Crippen molar-refractivity contribution in [3.8, 4) is 0 Å². The number of hydrogen-bond acceptors (Lipinski definition) is 4. The van der Waals surface area contributed by atoms with Crippen LogP contribution in [-0.2, 0) is 16.6 Å². The summed E-state index contributed by atoms with van der Waals surface area (Å²) in [5.41, 5.74) is 2.67. The minimum absolute atomic E-state index is 0.0737. The van der Waals surface area contributed by atoms with Crippen molar-refractivity contribution in [1.29, 1.82) is 0 Å². The molecule has 0 radical (unpaired) electrons. The Hall–Kier alpha value is -1.64. The molecule has 0 spiro atoms. The second-order valence-corrected chi connectivity index (χ2v) is 9.67. The van der Waals surface area contributed by atoms with E-state index >= 15 is 0 Å². The SMILES string of the molecule is CCN(CC)S(=O)(=O)CCNC(=NC)NC1CCN(Cc2cccc(C)c2)CC1. The highest BCUT2D eigenvalue weighted by atomic mass is 32.2. The molecule has 0 unspecified atom stereocenters. The van der Waals surface area contributed by atoms with Gasteiger partial charge in [-0.15, -0.1) is 0 Å². The summed E-state index contributed by atoms with van der Waals surface area (Å²) < 4.78 is 26.1. The average molecular weight is 424 g/mol. The number of guanidine groups is 1. The number of aliphatic imine (C=N–C) groups is 1. The summed E-state index contributed by atoms with van der Waals surface area (Å²) in [6, 6.07) is 9.05. The van der Waals surface area contributed by atoms with Crippen LogP contribution in [0.3, 0.4) is 0 Å². The number of benzene rings is 1. The smallest absolute Gasteiger partial charge is 0.215 e. The lowest BCUT2D eigenvalue weighted by atomic mass is 10.0. The highest BCUT2D eigenvalue weighted by Gasteiger charge is 2.21. The van der Waals surface area contributed by atoms with E-state index in [4.69, 9.17) is 0 Å². The Bertz CT molecular complexity index is 754. The van der Waals surface area contributed by atoms with Gasteiger partial charge in [0.25, 0.3) is 0 Å². The van der Waals surface area contributed by atoms with Crippen LogP contribution in [0, 0.1) is 6.92 Å². The molecule has 0 saturated carbocycles. The Morgan fingerprint density at radius 1 is 1.24 bits per heavy atom. The molecule has 8 heteroatoms. The van der Waals surface area contributed by atoms with E-state index in [1.165, 1.54) is 15.4 Å². The average Bonchev–Trinajstić information content (AvgIpc) is 2.69. The molecule has 0 aromatic heterocycles. The number of nitrogens with one attached hydrogen (secondary N) is 2. The van der Waals surface area contributed by atoms with Crippen molar-refractivity contribution in [1.82, 2.24) is 19.8 Å². The Balaban J connectivity index is 1.74. The van der Waals surface area contributed by atoms with E-state index in [-0.39, 0.29) is 5.75 Å². The molecule has 0 amide bonds. The van der Waals surface area contributed by atoms with Crippen LogP contribution in [0.4, 0.5) is 0 Å². The van der Waals surface area contributed by atoms with Gasteiger partial charge in [-0.3, -0.25) is 9.89 Å². The Morgan fingerprint density at radius 3 is 2.52 bits per heavy atom. The predicted octanol–water partition coefficient (Wildman–Crippen LogP) is 1.80. The largest absolute Gasteiger partial charge is 0.355 e. The van der Waals surface area contributed by atoms with Gasteiger partial charge in [-0.05, 0) is 25.3 Å². The quantitative estimate of drug-likeness (QED) is 0.468. The van der Waals surface area contributed by atoms with Crippen molar-refractivity contribution in [3.63, 3.8) is 0 Å². The molecule has 164 valence electrons. The molecule has 1 aromatic rings. The number of nitrogens with zero attached hydrogens (tertiary/aromatic N) is 3. The lowest BCUT2D eigenvalue weighted by Crippen LogP contribution is -2.49. The van der Waals surface area contributed by atoms with E-state index in [0.29, 0.717) is 31.6 Å². The van der Waals surface area contributed by atoms with Crippen molar-refractivity contribution in [2.75, 3.05) is 45.5 Å². The first kappa shape index (κ1) is 23.6. The Labute approximate surface area is 176 Å². The van der Waals surface area contributed by atoms with Gasteiger partial charge in [0.2, 0.25) is 10.0 Å². The molecule has 0 aliphatic carbocycles. The lowest BCUT2D eigenvalue weighted by Gasteiger charge is -2.33. The second-order valence-electron chi connectivity index (χ2n) is 7.58. The highest BCUT2D eigenvalue weighted by molar-refractivity contribution is 7.89. The Kier molecular flexibility index (Phi) is 9.39. The van der Waals surface area contributed by atoms with E-state index < -0.39 is 10.0 Å². The molecule has 0 bridgehead atoms. The molecular weight excluding hydrogens is 386 g/mol. The fourth-order valence-electron chi connectivity index (χ4n) is 3.74. The minimum atomic E-state index is -3.22. The number of likely N-dealkylation sites (tertiary alicyclic amines) is 1. The van der Waals surface area contributed by atoms with Crippen molar-refractivity contribution < 1.29 is 8.42 Å². The lowest BCUT2D eigenvalue weighted by molar-refractivity contribution is 0.198. The first-order chi connectivity index (χ1) is 13.9. The zero-order valence-corrected chi connectivity index (χ0v) is 19.1. The first-order valence-corrected chi connectivity index (χ1v) is 12.2. The summed E-state index contributed by atoms with van der Waals surface area (Å²) in [6.45, 7) is 10.3. The zero-order valence-electron chi connectivity index (χ0n) is 18.3. The van der Waals surface area contributed by atoms with Gasteiger partial charge in [-0.25, -0.2) is 12.7 Å². The summed E-state index contributed by atoms with van der Waals surface area (Å²) in [6.07, 6.45) is 2.09. The second kappa shape index (κ2) is 11.5. The zero-order chi connectivity index (χ0) is 21.3. The summed E-state index contributed by atoms with van der Waals surface area (Å²) >= 11 is 0. The molecule has 29 heavy (non-hydrogen) atoms. The molecule has 2 rings (SSSR count). The van der Waals surface area contributed by atoms with Crippen LogP contribution in [-0.4, -0.2) is 75.1 Å². The maximum Gasteiger partial charge on any atom is 0.215 e. The standard InChI is InChI=1S/C21H37N5O2S/c1-5-26(6-2)29(27,28)15-12-23-21(22-4)24-20-10-13-25(14-11-20)17-19-9-7-8-18(3)16-19/h7-9,16,20H,5-6,10-15,17H2,1-4H3,(H2,22,23,24). The first-order valence-electron chi connectivity index (χ1n) is 10.6. The summed E-state index contributed by atoms with van der Waals surface area (Å²) in [4.78, 5) is 6.74. The van der Waals surface area contributed by atoms with Crippen LogP contribution < -0.4 is 10.6 Å². The number of hydrogen-bond donors (Lipinski definition) is 2. The molecule has 1 heterocycles. The number of sulfonamides is 1. The van der Waals surface area contributed by atoms with Crippen LogP contribution in [0.15, 0.2) is 29.3 Å². The molecule has 1 aliphatic heterocycles. The van der Waals surface area contributed by atoms with Crippen molar-refractivity contribution >= 4 is 16.0 Å². The summed E-state index contributed by atoms with van der Waals surface area (Å²) in [5, 5.41) is 6.60. The van der Waals surface area contributed by atoms with E-state index in [1.807, 2.05) is 13.8 Å². The minimum Gasteiger partial charge on any atom is -0.355 e. The van der Waals surface area contributed by atoms with Gasteiger partial charge in [-0.1, -0.05) is 43.7 Å².